The third-order valence-electron chi connectivity index (χ3n) is 6.06. The van der Waals surface area contributed by atoms with E-state index in [0.29, 0.717) is 41.2 Å². The van der Waals surface area contributed by atoms with E-state index in [1.54, 1.807) is 60.7 Å². The normalized spacial score (nSPS) is 16.5. The number of rotatable bonds is 7. The second kappa shape index (κ2) is 11.3. The number of anilines is 1. The van der Waals surface area contributed by atoms with Gasteiger partial charge in [0.15, 0.2) is 5.78 Å². The van der Waals surface area contributed by atoms with E-state index < -0.39 is 15.9 Å². The molecule has 188 valence electrons. The highest BCUT2D eigenvalue weighted by atomic mass is 35.5. The molecule has 0 aromatic heterocycles. The van der Waals surface area contributed by atoms with Crippen molar-refractivity contribution >= 4 is 62.2 Å². The number of sulfonamides is 1. The fourth-order valence-corrected chi connectivity index (χ4v) is 6.68. The molecule has 1 N–H and O–H groups in total. The van der Waals surface area contributed by atoms with Crippen LogP contribution in [0.15, 0.2) is 66.7 Å². The number of carbonyl (C=O) groups excluding carboxylic acids is 2. The van der Waals surface area contributed by atoms with E-state index in [0.717, 1.165) is 0 Å². The second-order valence-electron chi connectivity index (χ2n) is 8.53. The molecule has 0 saturated carbocycles. The average Bonchev–Trinajstić information content (AvgIpc) is 2.87. The van der Waals surface area contributed by atoms with Gasteiger partial charge in [-0.3, -0.25) is 9.59 Å². The van der Waals surface area contributed by atoms with Gasteiger partial charge < -0.3 is 5.32 Å². The molecule has 3 aromatic carbocycles. The van der Waals surface area contributed by atoms with Crippen LogP contribution in [0.4, 0.5) is 5.69 Å². The number of carbonyl (C=O) groups is 2. The lowest BCUT2D eigenvalue weighted by Gasteiger charge is -2.31. The number of halogens is 3. The second-order valence-corrected chi connectivity index (χ2v) is 11.7. The molecule has 0 aliphatic carbocycles. The monoisotopic (exact) mass is 564 g/mol. The van der Waals surface area contributed by atoms with Crippen LogP contribution in [0.2, 0.25) is 15.1 Å². The number of hydrogen-bond donors (Lipinski definition) is 1. The fraction of sp³-hybridized carbons (Fsp3) is 0.231. The van der Waals surface area contributed by atoms with Crippen molar-refractivity contribution in [2.45, 2.75) is 18.6 Å². The van der Waals surface area contributed by atoms with E-state index in [-0.39, 0.29) is 39.6 Å². The third-order valence-corrected chi connectivity index (χ3v) is 8.77. The minimum Gasteiger partial charge on any atom is -0.325 e. The van der Waals surface area contributed by atoms with Crippen molar-refractivity contribution in [3.63, 3.8) is 0 Å². The Kier molecular flexibility index (Phi) is 8.37. The van der Waals surface area contributed by atoms with Gasteiger partial charge in [0.25, 0.3) is 0 Å². The molecule has 1 amide bonds. The van der Waals surface area contributed by atoms with Crippen molar-refractivity contribution in [1.29, 1.82) is 0 Å². The maximum Gasteiger partial charge on any atom is 0.228 e. The van der Waals surface area contributed by atoms with Crippen LogP contribution in [-0.2, 0) is 20.6 Å². The maximum absolute atomic E-state index is 13.2. The molecule has 0 radical (unpaired) electrons. The van der Waals surface area contributed by atoms with Gasteiger partial charge in [-0.25, -0.2) is 12.7 Å². The summed E-state index contributed by atoms with van der Waals surface area (Å²) in [4.78, 5) is 26.3. The number of amides is 1. The number of benzene rings is 3. The van der Waals surface area contributed by atoms with E-state index in [9.17, 15) is 18.0 Å². The minimum absolute atomic E-state index is 0.0196. The Hall–Kier alpha value is -2.42. The lowest BCUT2D eigenvalue weighted by Crippen LogP contribution is -2.44. The van der Waals surface area contributed by atoms with Gasteiger partial charge in [0, 0.05) is 44.8 Å². The Morgan fingerprint density at radius 2 is 1.64 bits per heavy atom. The quantitative estimate of drug-likeness (QED) is 0.353. The summed E-state index contributed by atoms with van der Waals surface area (Å²) in [6.45, 7) is 0.318. The zero-order valence-corrected chi connectivity index (χ0v) is 22.2. The number of piperidine rings is 1. The van der Waals surface area contributed by atoms with Gasteiger partial charge in [-0.1, -0.05) is 71.2 Å². The molecule has 10 heteroatoms. The highest BCUT2D eigenvalue weighted by Gasteiger charge is 2.33. The van der Waals surface area contributed by atoms with Gasteiger partial charge in [-0.05, 0) is 43.2 Å². The zero-order valence-electron chi connectivity index (χ0n) is 19.1. The van der Waals surface area contributed by atoms with Crippen LogP contribution in [0, 0.1) is 5.92 Å². The van der Waals surface area contributed by atoms with E-state index in [1.165, 1.54) is 10.4 Å². The predicted molar refractivity (Wildman–Crippen MR) is 143 cm³/mol. The molecular weight excluding hydrogens is 543 g/mol. The smallest absolute Gasteiger partial charge is 0.228 e. The molecule has 6 nitrogen and oxygen atoms in total. The van der Waals surface area contributed by atoms with E-state index in [2.05, 4.69) is 5.32 Å². The first-order chi connectivity index (χ1) is 17.2. The first-order valence-corrected chi connectivity index (χ1v) is 14.0. The van der Waals surface area contributed by atoms with E-state index in [4.69, 9.17) is 34.8 Å². The summed E-state index contributed by atoms with van der Waals surface area (Å²) in [7, 11) is -3.77. The first-order valence-electron chi connectivity index (χ1n) is 11.3. The number of nitrogens with zero attached hydrogens (tertiary/aromatic N) is 1. The Balaban J connectivity index is 1.51. The van der Waals surface area contributed by atoms with Crippen LogP contribution >= 0.6 is 34.8 Å². The van der Waals surface area contributed by atoms with Gasteiger partial charge in [-0.2, -0.15) is 0 Å². The molecule has 1 aliphatic heterocycles. The molecular formula is C26H23Cl3N2O4S. The highest BCUT2D eigenvalue weighted by molar-refractivity contribution is 7.88. The lowest BCUT2D eigenvalue weighted by atomic mass is 9.97. The SMILES string of the molecule is O=C(c1ccccc1)c1cc(Cl)ccc1NC(=O)C1CCCN(S(=O)(=O)Cc2c(Cl)cccc2Cl)C1. The first kappa shape index (κ1) is 26.6. The van der Waals surface area contributed by atoms with E-state index in [1.807, 2.05) is 0 Å². The summed E-state index contributed by atoms with van der Waals surface area (Å²) >= 11 is 18.5. The Bertz CT molecular complexity index is 1380. The fourth-order valence-electron chi connectivity index (χ4n) is 4.15. The van der Waals surface area contributed by atoms with Gasteiger partial charge in [-0.15, -0.1) is 0 Å². The molecule has 36 heavy (non-hydrogen) atoms. The molecule has 1 unspecified atom stereocenters. The Morgan fingerprint density at radius 1 is 0.944 bits per heavy atom. The van der Waals surface area contributed by atoms with Gasteiger partial charge in [0.05, 0.1) is 17.4 Å². The molecule has 4 rings (SSSR count). The van der Waals surface area contributed by atoms with Gasteiger partial charge >= 0.3 is 0 Å². The molecule has 1 atom stereocenters. The lowest BCUT2D eigenvalue weighted by molar-refractivity contribution is -0.120. The summed E-state index contributed by atoms with van der Waals surface area (Å²) < 4.78 is 27.6. The van der Waals surface area contributed by atoms with Crippen LogP contribution < -0.4 is 5.32 Å². The van der Waals surface area contributed by atoms with Gasteiger partial charge in [0.2, 0.25) is 15.9 Å². The van der Waals surface area contributed by atoms with Crippen molar-refractivity contribution in [2.24, 2.45) is 5.92 Å². The highest BCUT2D eigenvalue weighted by Crippen LogP contribution is 2.30. The summed E-state index contributed by atoms with van der Waals surface area (Å²) in [5.74, 6) is -1.59. The van der Waals surface area contributed by atoms with Crippen LogP contribution in [0.1, 0.15) is 34.3 Å². The summed E-state index contributed by atoms with van der Waals surface area (Å²) in [6.07, 6.45) is 1.03. The van der Waals surface area contributed by atoms with Crippen LogP contribution in [0.3, 0.4) is 0 Å². The molecule has 0 bridgehead atoms. The van der Waals surface area contributed by atoms with Crippen molar-refractivity contribution in [2.75, 3.05) is 18.4 Å². The average molecular weight is 566 g/mol. The van der Waals surface area contributed by atoms with Crippen LogP contribution in [0.25, 0.3) is 0 Å². The Morgan fingerprint density at radius 3 is 2.33 bits per heavy atom. The molecule has 1 saturated heterocycles. The van der Waals surface area contributed by atoms with E-state index >= 15 is 0 Å². The van der Waals surface area contributed by atoms with Crippen molar-refractivity contribution in [3.8, 4) is 0 Å². The maximum atomic E-state index is 13.2. The topological polar surface area (TPSA) is 83.6 Å². The predicted octanol–water partition coefficient (Wildman–Crippen LogP) is 6.06. The largest absolute Gasteiger partial charge is 0.325 e. The minimum atomic E-state index is -3.77. The van der Waals surface area contributed by atoms with Crippen LogP contribution in [0.5, 0.6) is 0 Å². The molecule has 1 aliphatic rings. The molecule has 3 aromatic rings. The van der Waals surface area contributed by atoms with Crippen molar-refractivity contribution in [1.82, 2.24) is 4.31 Å². The van der Waals surface area contributed by atoms with Crippen LogP contribution in [-0.4, -0.2) is 37.5 Å². The number of hydrogen-bond acceptors (Lipinski definition) is 4. The molecule has 1 fully saturated rings. The van der Waals surface area contributed by atoms with Crippen molar-refractivity contribution < 1.29 is 18.0 Å². The molecule has 0 spiro atoms. The summed E-state index contributed by atoms with van der Waals surface area (Å²) in [5.41, 5.74) is 1.37. The Labute approximate surface area is 225 Å². The third kappa shape index (κ3) is 6.10. The number of ketones is 1. The van der Waals surface area contributed by atoms with Gasteiger partial charge in [0.1, 0.15) is 0 Å². The van der Waals surface area contributed by atoms with Crippen molar-refractivity contribution in [3.05, 3.63) is 98.5 Å². The zero-order chi connectivity index (χ0) is 25.9. The standard InChI is InChI=1S/C26H23Cl3N2O4S/c27-19-11-12-24(20(14-19)25(32)17-6-2-1-3-7-17)30-26(33)18-8-5-13-31(15-18)36(34,35)16-21-22(28)9-4-10-23(21)29/h1-4,6-7,9-12,14,18H,5,8,13,15-16H2,(H,30,33). The molecule has 1 heterocycles. The summed E-state index contributed by atoms with van der Waals surface area (Å²) in [6, 6.07) is 18.2. The number of nitrogens with one attached hydrogen (secondary N) is 1. The summed E-state index contributed by atoms with van der Waals surface area (Å²) in [5, 5.41) is 3.73.